The van der Waals surface area contributed by atoms with E-state index in [1.54, 1.807) is 19.9 Å². The Morgan fingerprint density at radius 3 is 1.83 bits per heavy atom. The minimum absolute atomic E-state index is 0.0393. The molecule has 0 spiro atoms. The van der Waals surface area contributed by atoms with Gasteiger partial charge in [0.2, 0.25) is 0 Å². The predicted octanol–water partition coefficient (Wildman–Crippen LogP) is 5.29. The van der Waals surface area contributed by atoms with E-state index in [9.17, 15) is 19.2 Å². The van der Waals surface area contributed by atoms with Crippen LogP contribution in [0.4, 0.5) is 14.4 Å². The summed E-state index contributed by atoms with van der Waals surface area (Å²) in [6.07, 6.45) is -3.48. The van der Waals surface area contributed by atoms with E-state index in [2.05, 4.69) is 5.32 Å². The second-order valence-electron chi connectivity index (χ2n) is 10.7. The van der Waals surface area contributed by atoms with E-state index in [1.807, 2.05) is 41.5 Å². The molecule has 0 aliphatic heterocycles. The maximum atomic E-state index is 12.5. The third-order valence-corrected chi connectivity index (χ3v) is 6.01. The lowest BCUT2D eigenvalue weighted by molar-refractivity contribution is -0.143. The Bertz CT molecular complexity index is 993. The summed E-state index contributed by atoms with van der Waals surface area (Å²) in [4.78, 5) is 48.9. The van der Waals surface area contributed by atoms with Crippen molar-refractivity contribution in [1.29, 1.82) is 0 Å². The summed E-state index contributed by atoms with van der Waals surface area (Å²) >= 11 is 0. The van der Waals surface area contributed by atoms with Crippen molar-refractivity contribution in [3.05, 3.63) is 23.8 Å². The molecule has 232 valence electrons. The highest BCUT2D eigenvalue weighted by Crippen LogP contribution is 2.30. The molecule has 0 saturated carbocycles. The standard InChI is InChI=1S/C29H45NO11/c1-17(2)16-37-27(32)36-13-12-30-23(26(31)35-9)14-22-10-11-24(40-28(33)38-20(7)18(3)4)25(15-22)41-29(34)39-21(8)19(5)6/h10-11,15,17-21,23,30H,12-14,16H2,1-9H3/t20?,21?,23-/m0/s1. The second kappa shape index (κ2) is 18.0. The smallest absolute Gasteiger partial charge is 0.468 e. The summed E-state index contributed by atoms with van der Waals surface area (Å²) in [7, 11) is 1.25. The molecule has 0 bridgehead atoms. The van der Waals surface area contributed by atoms with E-state index in [0.29, 0.717) is 5.56 Å². The second-order valence-corrected chi connectivity index (χ2v) is 10.7. The van der Waals surface area contributed by atoms with Crippen molar-refractivity contribution >= 4 is 24.4 Å². The van der Waals surface area contributed by atoms with Gasteiger partial charge in [-0.15, -0.1) is 0 Å². The SMILES string of the molecule is COC(=O)[C@H](Cc1ccc(OC(=O)OC(C)C(C)C)c(OC(=O)OC(C)C(C)C)c1)NCCOC(=O)OCC(C)C. The first-order chi connectivity index (χ1) is 19.2. The number of hydrogen-bond donors (Lipinski definition) is 1. The molecule has 1 aromatic rings. The van der Waals surface area contributed by atoms with Crippen LogP contribution in [0.5, 0.6) is 11.5 Å². The number of carbonyl (C=O) groups is 4. The maximum absolute atomic E-state index is 12.5. The Hall–Kier alpha value is -3.54. The molecule has 0 amide bonds. The maximum Gasteiger partial charge on any atom is 0.514 e. The van der Waals surface area contributed by atoms with Crippen molar-refractivity contribution in [3.63, 3.8) is 0 Å². The molecule has 1 aromatic carbocycles. The van der Waals surface area contributed by atoms with Crippen LogP contribution in [0.2, 0.25) is 0 Å². The number of methoxy groups -OCH3 is 1. The van der Waals surface area contributed by atoms with Gasteiger partial charge in [0.05, 0.1) is 13.7 Å². The number of ether oxygens (including phenoxy) is 7. The number of nitrogens with one attached hydrogen (secondary N) is 1. The van der Waals surface area contributed by atoms with Gasteiger partial charge in [-0.25, -0.2) is 14.4 Å². The molecule has 1 rings (SSSR count). The lowest BCUT2D eigenvalue weighted by atomic mass is 10.1. The van der Waals surface area contributed by atoms with Gasteiger partial charge < -0.3 is 38.5 Å². The predicted molar refractivity (Wildman–Crippen MR) is 149 cm³/mol. The fraction of sp³-hybridized carbons (Fsp3) is 0.655. The largest absolute Gasteiger partial charge is 0.514 e. The Morgan fingerprint density at radius 1 is 0.756 bits per heavy atom. The van der Waals surface area contributed by atoms with Crippen LogP contribution in [0.15, 0.2) is 18.2 Å². The molecule has 0 aliphatic carbocycles. The third kappa shape index (κ3) is 14.1. The zero-order valence-corrected chi connectivity index (χ0v) is 25.5. The van der Waals surface area contributed by atoms with Gasteiger partial charge in [0, 0.05) is 6.54 Å². The lowest BCUT2D eigenvalue weighted by Gasteiger charge is -2.20. The first-order valence-corrected chi connectivity index (χ1v) is 13.7. The average molecular weight is 584 g/mol. The molecule has 0 saturated heterocycles. The number of rotatable bonds is 15. The van der Waals surface area contributed by atoms with Crippen molar-refractivity contribution in [1.82, 2.24) is 5.32 Å². The first-order valence-electron chi connectivity index (χ1n) is 13.7. The van der Waals surface area contributed by atoms with Crippen molar-refractivity contribution in [3.8, 4) is 11.5 Å². The summed E-state index contributed by atoms with van der Waals surface area (Å²) in [5.41, 5.74) is 0.543. The zero-order valence-electron chi connectivity index (χ0n) is 25.5. The minimum Gasteiger partial charge on any atom is -0.468 e. The fourth-order valence-electron chi connectivity index (χ4n) is 2.91. The molecule has 2 unspecified atom stereocenters. The van der Waals surface area contributed by atoms with Crippen molar-refractivity contribution in [2.45, 2.75) is 80.1 Å². The van der Waals surface area contributed by atoms with Gasteiger partial charge in [-0.2, -0.15) is 0 Å². The fourth-order valence-corrected chi connectivity index (χ4v) is 2.91. The summed E-state index contributed by atoms with van der Waals surface area (Å²) in [5.74, 6) is -0.453. The third-order valence-electron chi connectivity index (χ3n) is 6.01. The Kier molecular flexibility index (Phi) is 15.6. The molecule has 12 nitrogen and oxygen atoms in total. The summed E-state index contributed by atoms with van der Waals surface area (Å²) in [6.45, 7) is 15.2. The van der Waals surface area contributed by atoms with Crippen molar-refractivity contribution in [2.75, 3.05) is 26.9 Å². The zero-order chi connectivity index (χ0) is 31.1. The Morgan fingerprint density at radius 2 is 1.32 bits per heavy atom. The number of hydrogen-bond acceptors (Lipinski definition) is 12. The van der Waals surface area contributed by atoms with Crippen LogP contribution in [0.25, 0.3) is 0 Å². The topological polar surface area (TPSA) is 145 Å². The van der Waals surface area contributed by atoms with Gasteiger partial charge in [0.1, 0.15) is 24.9 Å². The molecule has 0 heterocycles. The van der Waals surface area contributed by atoms with Crippen LogP contribution in [0.3, 0.4) is 0 Å². The van der Waals surface area contributed by atoms with E-state index in [4.69, 9.17) is 33.2 Å². The van der Waals surface area contributed by atoms with Gasteiger partial charge in [-0.1, -0.05) is 47.6 Å². The van der Waals surface area contributed by atoms with Crippen LogP contribution >= 0.6 is 0 Å². The summed E-state index contributed by atoms with van der Waals surface area (Å²) < 4.78 is 36.1. The number of esters is 1. The Balaban J connectivity index is 3.03. The quantitative estimate of drug-likeness (QED) is 0.124. The van der Waals surface area contributed by atoms with Gasteiger partial charge >= 0.3 is 24.4 Å². The molecular formula is C29H45NO11. The van der Waals surface area contributed by atoms with Crippen LogP contribution in [0.1, 0.15) is 61.0 Å². The molecule has 41 heavy (non-hydrogen) atoms. The summed E-state index contributed by atoms with van der Waals surface area (Å²) in [6, 6.07) is 3.64. The van der Waals surface area contributed by atoms with Gasteiger partial charge in [-0.3, -0.25) is 4.79 Å². The first kappa shape index (κ1) is 35.5. The van der Waals surface area contributed by atoms with Crippen molar-refractivity contribution < 1.29 is 52.3 Å². The summed E-state index contributed by atoms with van der Waals surface area (Å²) in [5, 5.41) is 2.97. The van der Waals surface area contributed by atoms with E-state index in [0.717, 1.165) is 0 Å². The Labute approximate surface area is 242 Å². The van der Waals surface area contributed by atoms with Crippen LogP contribution in [-0.2, 0) is 34.9 Å². The van der Waals surface area contributed by atoms with Gasteiger partial charge in [-0.05, 0) is 55.7 Å². The molecule has 0 radical (unpaired) electrons. The van der Waals surface area contributed by atoms with E-state index in [-0.39, 0.29) is 55.4 Å². The van der Waals surface area contributed by atoms with Crippen LogP contribution in [0, 0.1) is 17.8 Å². The highest BCUT2D eigenvalue weighted by molar-refractivity contribution is 5.76. The highest BCUT2D eigenvalue weighted by atomic mass is 16.8. The monoisotopic (exact) mass is 583 g/mol. The molecule has 0 aromatic heterocycles. The highest BCUT2D eigenvalue weighted by Gasteiger charge is 2.24. The van der Waals surface area contributed by atoms with E-state index in [1.165, 1.54) is 19.2 Å². The molecule has 3 atom stereocenters. The van der Waals surface area contributed by atoms with E-state index < -0.39 is 42.7 Å². The van der Waals surface area contributed by atoms with Gasteiger partial charge in [0.15, 0.2) is 11.5 Å². The molecule has 1 N–H and O–H groups in total. The van der Waals surface area contributed by atoms with Crippen LogP contribution in [-0.4, -0.2) is 69.6 Å². The van der Waals surface area contributed by atoms with Crippen LogP contribution < -0.4 is 14.8 Å². The van der Waals surface area contributed by atoms with Crippen molar-refractivity contribution in [2.24, 2.45) is 17.8 Å². The molecular weight excluding hydrogens is 538 g/mol. The number of benzene rings is 1. The normalized spacial score (nSPS) is 13.3. The lowest BCUT2D eigenvalue weighted by Crippen LogP contribution is -2.41. The minimum atomic E-state index is -0.985. The average Bonchev–Trinajstić information content (AvgIpc) is 2.89. The van der Waals surface area contributed by atoms with E-state index >= 15 is 0 Å². The van der Waals surface area contributed by atoms with Gasteiger partial charge in [0.25, 0.3) is 0 Å². The molecule has 12 heteroatoms. The molecule has 0 aliphatic rings. The number of carbonyl (C=O) groups excluding carboxylic acids is 4. The molecule has 0 fully saturated rings.